The van der Waals surface area contributed by atoms with Crippen molar-refractivity contribution in [2.45, 2.75) is 25.7 Å². The minimum atomic E-state index is 0.955. The first-order chi connectivity index (χ1) is 4.93. The molecule has 0 spiro atoms. The van der Waals surface area contributed by atoms with Gasteiger partial charge in [0, 0.05) is 6.42 Å². The van der Waals surface area contributed by atoms with Crippen LogP contribution in [0.5, 0.6) is 0 Å². The molecule has 10 heavy (non-hydrogen) atoms. The van der Waals surface area contributed by atoms with Gasteiger partial charge in [0.1, 0.15) is 0 Å². The summed E-state index contributed by atoms with van der Waals surface area (Å²) in [5.74, 6) is 4.07. The van der Waals surface area contributed by atoms with Crippen LogP contribution >= 0.6 is 11.8 Å². The molecule has 1 aliphatic rings. The van der Waals surface area contributed by atoms with E-state index in [-0.39, 0.29) is 0 Å². The summed E-state index contributed by atoms with van der Waals surface area (Å²) in [7, 11) is 0. The second-order valence-electron chi connectivity index (χ2n) is 2.61. The fourth-order valence-electron chi connectivity index (χ4n) is 0.908. The van der Waals surface area contributed by atoms with Crippen LogP contribution < -0.4 is 0 Å². The molecule has 0 N–H and O–H groups in total. The van der Waals surface area contributed by atoms with Gasteiger partial charge in [-0.2, -0.15) is 0 Å². The summed E-state index contributed by atoms with van der Waals surface area (Å²) in [4.78, 5) is 0. The zero-order valence-corrected chi connectivity index (χ0v) is 7.21. The predicted molar refractivity (Wildman–Crippen MR) is 47.5 cm³/mol. The first-order valence-corrected chi connectivity index (χ1v) is 5.00. The molecule has 0 amide bonds. The number of rotatable bonds is 3. The van der Waals surface area contributed by atoms with Gasteiger partial charge >= 0.3 is 0 Å². The molecule has 0 aromatic rings. The van der Waals surface area contributed by atoms with Crippen molar-refractivity contribution in [1.29, 1.82) is 0 Å². The van der Waals surface area contributed by atoms with Crippen LogP contribution in [-0.2, 0) is 0 Å². The van der Waals surface area contributed by atoms with Crippen LogP contribution in [0.2, 0.25) is 0 Å². The quantitative estimate of drug-likeness (QED) is 0.444. The van der Waals surface area contributed by atoms with Crippen molar-refractivity contribution in [3.63, 3.8) is 0 Å². The monoisotopic (exact) mass is 153 g/mol. The summed E-state index contributed by atoms with van der Waals surface area (Å²) in [6, 6.07) is 0. The number of hydrogen-bond donors (Lipinski definition) is 0. The molecule has 0 heterocycles. The Labute approximate surface area is 67.8 Å². The molecule has 1 aliphatic carbocycles. The lowest BCUT2D eigenvalue weighted by Gasteiger charge is -1.89. The van der Waals surface area contributed by atoms with E-state index in [0.29, 0.717) is 0 Å². The SMILES string of the molecule is CSC#CCCCC1[CH]C1. The van der Waals surface area contributed by atoms with Crippen molar-refractivity contribution in [1.82, 2.24) is 0 Å². The summed E-state index contributed by atoms with van der Waals surface area (Å²) in [5, 5.41) is 3.00. The molecule has 0 nitrogen and oxygen atoms in total. The summed E-state index contributed by atoms with van der Waals surface area (Å²) in [6.45, 7) is 0. The predicted octanol–water partition coefficient (Wildman–Crippen LogP) is 2.70. The maximum Gasteiger partial charge on any atom is 0.00977 e. The molecule has 0 bridgehead atoms. The van der Waals surface area contributed by atoms with E-state index in [1.807, 2.05) is 6.26 Å². The lowest BCUT2D eigenvalue weighted by atomic mass is 10.2. The van der Waals surface area contributed by atoms with E-state index in [4.69, 9.17) is 0 Å². The highest BCUT2D eigenvalue weighted by molar-refractivity contribution is 8.03. The van der Waals surface area contributed by atoms with Crippen LogP contribution in [0.3, 0.4) is 0 Å². The van der Waals surface area contributed by atoms with Crippen molar-refractivity contribution in [3.8, 4) is 11.2 Å². The van der Waals surface area contributed by atoms with Crippen molar-refractivity contribution in [2.75, 3.05) is 6.26 Å². The van der Waals surface area contributed by atoms with E-state index in [1.54, 1.807) is 11.8 Å². The van der Waals surface area contributed by atoms with Crippen LogP contribution in [0.15, 0.2) is 0 Å². The van der Waals surface area contributed by atoms with Gasteiger partial charge in [-0.25, -0.2) is 0 Å². The Bertz CT molecular complexity index is 137. The van der Waals surface area contributed by atoms with Crippen LogP contribution in [0.1, 0.15) is 25.7 Å². The smallest absolute Gasteiger partial charge is 0.00977 e. The summed E-state index contributed by atoms with van der Waals surface area (Å²) >= 11 is 1.61. The van der Waals surface area contributed by atoms with E-state index in [2.05, 4.69) is 17.6 Å². The zero-order chi connectivity index (χ0) is 7.23. The number of hydrogen-bond acceptors (Lipinski definition) is 1. The summed E-state index contributed by atoms with van der Waals surface area (Å²) in [6.07, 6.45) is 9.49. The molecule has 0 aliphatic heterocycles. The Kier molecular flexibility index (Phi) is 3.75. The average molecular weight is 153 g/mol. The minimum absolute atomic E-state index is 0.955. The van der Waals surface area contributed by atoms with Crippen molar-refractivity contribution in [2.24, 2.45) is 5.92 Å². The molecule has 55 valence electrons. The summed E-state index contributed by atoms with van der Waals surface area (Å²) < 4.78 is 0. The first-order valence-electron chi connectivity index (χ1n) is 3.77. The molecule has 0 aromatic carbocycles. The standard InChI is InChI=1S/C9H13S/c1-10-8-4-2-3-5-9-6-7-9/h6,9H,2-3,5,7H2,1H3. The van der Waals surface area contributed by atoms with Crippen molar-refractivity contribution >= 4 is 11.8 Å². The lowest BCUT2D eigenvalue weighted by Crippen LogP contribution is -1.75. The third-order valence-electron chi connectivity index (χ3n) is 1.62. The Hall–Kier alpha value is -0.0900. The van der Waals surface area contributed by atoms with Gasteiger partial charge in [0.15, 0.2) is 0 Å². The second kappa shape index (κ2) is 4.68. The van der Waals surface area contributed by atoms with E-state index in [9.17, 15) is 0 Å². The Balaban J connectivity index is 1.84. The molecule has 1 heteroatoms. The molecule has 1 rings (SSSR count). The maximum absolute atomic E-state index is 3.12. The fraction of sp³-hybridized carbons (Fsp3) is 0.667. The number of unbranched alkanes of at least 4 members (excludes halogenated alkanes) is 1. The third-order valence-corrected chi connectivity index (χ3v) is 1.97. The highest BCUT2D eigenvalue weighted by Gasteiger charge is 2.20. The van der Waals surface area contributed by atoms with E-state index < -0.39 is 0 Å². The van der Waals surface area contributed by atoms with Crippen LogP contribution in [0.4, 0.5) is 0 Å². The van der Waals surface area contributed by atoms with Crippen LogP contribution in [0.25, 0.3) is 0 Å². The lowest BCUT2D eigenvalue weighted by molar-refractivity contribution is 0.697. The Morgan fingerprint density at radius 1 is 1.70 bits per heavy atom. The number of thioether (sulfide) groups is 1. The maximum atomic E-state index is 3.12. The third kappa shape index (κ3) is 3.85. The molecule has 1 radical (unpaired) electrons. The fourth-order valence-corrected chi connectivity index (χ4v) is 1.15. The van der Waals surface area contributed by atoms with Gasteiger partial charge in [-0.3, -0.25) is 0 Å². The minimum Gasteiger partial charge on any atom is -0.0913 e. The normalized spacial score (nSPS) is 16.1. The first kappa shape index (κ1) is 8.01. The Morgan fingerprint density at radius 2 is 2.50 bits per heavy atom. The van der Waals surface area contributed by atoms with Gasteiger partial charge in [-0.1, -0.05) is 17.7 Å². The van der Waals surface area contributed by atoms with Gasteiger partial charge < -0.3 is 0 Å². The molecular formula is C9H13S. The van der Waals surface area contributed by atoms with E-state index >= 15 is 0 Å². The molecule has 1 unspecified atom stereocenters. The van der Waals surface area contributed by atoms with Gasteiger partial charge in [0.05, 0.1) is 0 Å². The highest BCUT2D eigenvalue weighted by atomic mass is 32.2. The highest BCUT2D eigenvalue weighted by Crippen LogP contribution is 2.32. The molecule has 1 saturated carbocycles. The molecule has 0 saturated heterocycles. The Morgan fingerprint density at radius 3 is 3.10 bits per heavy atom. The van der Waals surface area contributed by atoms with Gasteiger partial charge in [0.2, 0.25) is 0 Å². The molecule has 0 aromatic heterocycles. The van der Waals surface area contributed by atoms with Crippen LogP contribution in [-0.4, -0.2) is 6.26 Å². The van der Waals surface area contributed by atoms with Gasteiger partial charge in [0.25, 0.3) is 0 Å². The van der Waals surface area contributed by atoms with Gasteiger partial charge in [-0.15, -0.1) is 0 Å². The zero-order valence-electron chi connectivity index (χ0n) is 6.39. The van der Waals surface area contributed by atoms with Gasteiger partial charge in [-0.05, 0) is 43.1 Å². The summed E-state index contributed by atoms with van der Waals surface area (Å²) in [5.41, 5.74) is 0. The van der Waals surface area contributed by atoms with Crippen molar-refractivity contribution < 1.29 is 0 Å². The largest absolute Gasteiger partial charge is 0.0913 e. The molecule has 1 atom stereocenters. The average Bonchev–Trinajstić information content (AvgIpc) is 2.71. The topological polar surface area (TPSA) is 0 Å². The molecule has 1 fully saturated rings. The second-order valence-corrected chi connectivity index (χ2v) is 3.22. The van der Waals surface area contributed by atoms with E-state index in [0.717, 1.165) is 12.3 Å². The molecular weight excluding hydrogens is 140 g/mol. The van der Waals surface area contributed by atoms with Crippen molar-refractivity contribution in [3.05, 3.63) is 6.42 Å². The van der Waals surface area contributed by atoms with Crippen LogP contribution in [0, 0.1) is 23.5 Å². The van der Waals surface area contributed by atoms with E-state index in [1.165, 1.54) is 19.3 Å².